The molecule has 1 fully saturated rings. The molecule has 0 aliphatic carbocycles. The number of nitriles is 1. The molecule has 90 valence electrons. The minimum Gasteiger partial charge on any atom is -0.339 e. The fraction of sp³-hybridized carbons (Fsp3) is 0.818. The van der Waals surface area contributed by atoms with Gasteiger partial charge in [0, 0.05) is 26.2 Å². The van der Waals surface area contributed by atoms with Crippen molar-refractivity contribution in [2.24, 2.45) is 0 Å². The lowest BCUT2D eigenvalue weighted by atomic mass is 10.1. The molecular formula is C11H20N4O. The van der Waals surface area contributed by atoms with Gasteiger partial charge in [0.2, 0.25) is 5.91 Å². The van der Waals surface area contributed by atoms with Crippen LogP contribution in [0.3, 0.4) is 0 Å². The third kappa shape index (κ3) is 3.19. The molecule has 1 aliphatic heterocycles. The lowest BCUT2D eigenvalue weighted by Gasteiger charge is -2.38. The summed E-state index contributed by atoms with van der Waals surface area (Å²) in [7, 11) is 5.89. The summed E-state index contributed by atoms with van der Waals surface area (Å²) in [5.41, 5.74) is 0. The Kier molecular flexibility index (Phi) is 4.71. The molecule has 0 aromatic carbocycles. The molecule has 5 heteroatoms. The van der Waals surface area contributed by atoms with Crippen molar-refractivity contribution in [2.75, 3.05) is 47.3 Å². The largest absolute Gasteiger partial charge is 0.339 e. The van der Waals surface area contributed by atoms with Gasteiger partial charge in [0.05, 0.1) is 12.5 Å². The van der Waals surface area contributed by atoms with Crippen LogP contribution in [0.15, 0.2) is 0 Å². The highest BCUT2D eigenvalue weighted by atomic mass is 16.2. The van der Waals surface area contributed by atoms with Gasteiger partial charge in [-0.25, -0.2) is 0 Å². The molecule has 1 aliphatic rings. The highest BCUT2D eigenvalue weighted by Crippen LogP contribution is 2.12. The van der Waals surface area contributed by atoms with Crippen LogP contribution >= 0.6 is 0 Å². The molecule has 16 heavy (non-hydrogen) atoms. The lowest BCUT2D eigenvalue weighted by Crippen LogP contribution is -2.56. The summed E-state index contributed by atoms with van der Waals surface area (Å²) >= 11 is 0. The molecule has 0 spiro atoms. The second kappa shape index (κ2) is 5.83. The SMILES string of the molecule is CN(C)CCN1CCN(C)C(CC#N)C1=O. The Morgan fingerprint density at radius 1 is 1.50 bits per heavy atom. The van der Waals surface area contributed by atoms with Gasteiger partial charge in [-0.15, -0.1) is 0 Å². The van der Waals surface area contributed by atoms with Crippen LogP contribution in [0, 0.1) is 11.3 Å². The van der Waals surface area contributed by atoms with Gasteiger partial charge in [0.1, 0.15) is 6.04 Å². The van der Waals surface area contributed by atoms with Crippen LogP contribution < -0.4 is 0 Å². The van der Waals surface area contributed by atoms with E-state index in [1.165, 1.54) is 0 Å². The summed E-state index contributed by atoms with van der Waals surface area (Å²) in [5, 5.41) is 8.70. The Morgan fingerprint density at radius 3 is 2.75 bits per heavy atom. The van der Waals surface area contributed by atoms with Crippen LogP contribution in [0.5, 0.6) is 0 Å². The maximum Gasteiger partial charge on any atom is 0.241 e. The van der Waals surface area contributed by atoms with Crippen molar-refractivity contribution < 1.29 is 4.79 Å². The molecule has 1 rings (SSSR count). The molecule has 0 N–H and O–H groups in total. The predicted octanol–water partition coefficient (Wildman–Crippen LogP) is -0.396. The van der Waals surface area contributed by atoms with Gasteiger partial charge in [0.25, 0.3) is 0 Å². The minimum absolute atomic E-state index is 0.0946. The summed E-state index contributed by atoms with van der Waals surface area (Å²) < 4.78 is 0. The number of nitrogens with zero attached hydrogens (tertiary/aromatic N) is 4. The van der Waals surface area contributed by atoms with Gasteiger partial charge >= 0.3 is 0 Å². The lowest BCUT2D eigenvalue weighted by molar-refractivity contribution is -0.140. The van der Waals surface area contributed by atoms with E-state index in [4.69, 9.17) is 5.26 Å². The highest BCUT2D eigenvalue weighted by Gasteiger charge is 2.31. The molecule has 1 amide bonds. The monoisotopic (exact) mass is 224 g/mol. The topological polar surface area (TPSA) is 50.6 Å². The molecule has 0 aromatic rings. The fourth-order valence-electron chi connectivity index (χ4n) is 1.82. The van der Waals surface area contributed by atoms with E-state index in [1.807, 2.05) is 30.9 Å². The first kappa shape index (κ1) is 12.9. The number of piperazine rings is 1. The second-order valence-corrected chi connectivity index (χ2v) is 4.49. The van der Waals surface area contributed by atoms with Crippen LogP contribution in [0.2, 0.25) is 0 Å². The predicted molar refractivity (Wildman–Crippen MR) is 61.8 cm³/mol. The van der Waals surface area contributed by atoms with Crippen LogP contribution in [0.4, 0.5) is 0 Å². The Labute approximate surface area is 97.2 Å². The Hall–Kier alpha value is -1.12. The first-order valence-corrected chi connectivity index (χ1v) is 5.57. The normalized spacial score (nSPS) is 22.6. The maximum atomic E-state index is 12.1. The second-order valence-electron chi connectivity index (χ2n) is 4.49. The highest BCUT2D eigenvalue weighted by molar-refractivity contribution is 5.82. The third-order valence-corrected chi connectivity index (χ3v) is 2.95. The Bertz CT molecular complexity index is 284. The number of amides is 1. The summed E-state index contributed by atoms with van der Waals surface area (Å²) in [6, 6.07) is 1.83. The molecule has 1 atom stereocenters. The number of hydrogen-bond donors (Lipinski definition) is 0. The summed E-state index contributed by atoms with van der Waals surface area (Å²) in [4.78, 5) is 17.9. The zero-order chi connectivity index (χ0) is 12.1. The van der Waals surface area contributed by atoms with Gasteiger partial charge in [0.15, 0.2) is 0 Å². The van der Waals surface area contributed by atoms with E-state index in [2.05, 4.69) is 11.0 Å². The Morgan fingerprint density at radius 2 is 2.19 bits per heavy atom. The van der Waals surface area contributed by atoms with Crippen LogP contribution in [0.25, 0.3) is 0 Å². The fourth-order valence-corrected chi connectivity index (χ4v) is 1.82. The average molecular weight is 224 g/mol. The smallest absolute Gasteiger partial charge is 0.241 e. The minimum atomic E-state index is -0.249. The molecule has 0 aromatic heterocycles. The number of carbonyl (C=O) groups is 1. The van der Waals surface area contributed by atoms with Crippen molar-refractivity contribution in [2.45, 2.75) is 12.5 Å². The third-order valence-electron chi connectivity index (χ3n) is 2.95. The van der Waals surface area contributed by atoms with Gasteiger partial charge < -0.3 is 9.80 Å². The van der Waals surface area contributed by atoms with Crippen LogP contribution in [-0.2, 0) is 4.79 Å². The van der Waals surface area contributed by atoms with Gasteiger partial charge in [-0.3, -0.25) is 9.69 Å². The molecule has 1 heterocycles. The van der Waals surface area contributed by atoms with Crippen molar-refractivity contribution >= 4 is 5.91 Å². The molecule has 5 nitrogen and oxygen atoms in total. The molecule has 1 unspecified atom stereocenters. The first-order chi connectivity index (χ1) is 7.56. The van der Waals surface area contributed by atoms with Crippen molar-refractivity contribution in [3.63, 3.8) is 0 Å². The number of likely N-dealkylation sites (N-methyl/N-ethyl adjacent to an activating group) is 2. The molecule has 1 saturated heterocycles. The van der Waals surface area contributed by atoms with Crippen molar-refractivity contribution in [3.8, 4) is 6.07 Å². The van der Waals surface area contributed by atoms with E-state index in [9.17, 15) is 4.79 Å². The average Bonchev–Trinajstić information content (AvgIpc) is 2.23. The van der Waals surface area contributed by atoms with Crippen LogP contribution in [0.1, 0.15) is 6.42 Å². The zero-order valence-corrected chi connectivity index (χ0v) is 10.3. The summed E-state index contributed by atoms with van der Waals surface area (Å²) in [5.74, 6) is 0.0946. The first-order valence-electron chi connectivity index (χ1n) is 5.57. The van der Waals surface area contributed by atoms with Crippen molar-refractivity contribution in [3.05, 3.63) is 0 Å². The number of hydrogen-bond acceptors (Lipinski definition) is 4. The molecule has 0 saturated carbocycles. The van der Waals surface area contributed by atoms with Gasteiger partial charge in [-0.05, 0) is 21.1 Å². The summed E-state index contributed by atoms with van der Waals surface area (Å²) in [6.45, 7) is 3.24. The summed E-state index contributed by atoms with van der Waals surface area (Å²) in [6.07, 6.45) is 0.286. The number of rotatable bonds is 4. The van der Waals surface area contributed by atoms with Gasteiger partial charge in [-0.2, -0.15) is 5.26 Å². The zero-order valence-electron chi connectivity index (χ0n) is 10.3. The van der Waals surface area contributed by atoms with E-state index in [0.717, 1.165) is 26.2 Å². The van der Waals surface area contributed by atoms with Crippen molar-refractivity contribution in [1.29, 1.82) is 5.26 Å². The van der Waals surface area contributed by atoms with E-state index < -0.39 is 0 Å². The van der Waals surface area contributed by atoms with Gasteiger partial charge in [-0.1, -0.05) is 0 Å². The quantitative estimate of drug-likeness (QED) is 0.652. The van der Waals surface area contributed by atoms with E-state index >= 15 is 0 Å². The van der Waals surface area contributed by atoms with Crippen molar-refractivity contribution in [1.82, 2.24) is 14.7 Å². The molecule has 0 radical (unpaired) electrons. The van der Waals surface area contributed by atoms with Crippen LogP contribution in [-0.4, -0.2) is 74.0 Å². The van der Waals surface area contributed by atoms with E-state index in [1.54, 1.807) is 0 Å². The van der Waals surface area contributed by atoms with E-state index in [0.29, 0.717) is 0 Å². The number of carbonyl (C=O) groups excluding carboxylic acids is 1. The maximum absolute atomic E-state index is 12.1. The Balaban J connectivity index is 2.55. The standard InChI is InChI=1S/C11H20N4O/c1-13(2)6-8-15-9-7-14(3)10(4-5-12)11(15)16/h10H,4,6-9H2,1-3H3. The molecule has 0 bridgehead atoms. The molecular weight excluding hydrogens is 204 g/mol. The van der Waals surface area contributed by atoms with E-state index in [-0.39, 0.29) is 18.4 Å².